The molecule has 23 heavy (non-hydrogen) atoms. The number of benzene rings is 2. The smallest absolute Gasteiger partial charge is 0.221 e. The number of hydrogen-bond acceptors (Lipinski definition) is 2. The molecule has 2 atom stereocenters. The summed E-state index contributed by atoms with van der Waals surface area (Å²) in [4.78, 5) is 20.1. The van der Waals surface area contributed by atoms with Gasteiger partial charge >= 0.3 is 0 Å². The number of para-hydroxylation sites is 2. The van der Waals surface area contributed by atoms with Crippen LogP contribution < -0.4 is 5.32 Å². The molecule has 4 nitrogen and oxygen atoms in total. The van der Waals surface area contributed by atoms with E-state index in [0.717, 1.165) is 16.9 Å². The van der Waals surface area contributed by atoms with Crippen LogP contribution in [0, 0.1) is 0 Å². The lowest BCUT2D eigenvalue weighted by Crippen LogP contribution is -2.28. The Balaban J connectivity index is 1.63. The maximum atomic E-state index is 12.3. The van der Waals surface area contributed by atoms with E-state index in [2.05, 4.69) is 34.3 Å². The Morgan fingerprint density at radius 3 is 2.52 bits per heavy atom. The second kappa shape index (κ2) is 6.65. The Morgan fingerprint density at radius 2 is 1.78 bits per heavy atom. The van der Waals surface area contributed by atoms with E-state index in [4.69, 9.17) is 0 Å². The average molecular weight is 307 g/mol. The lowest BCUT2D eigenvalue weighted by atomic mass is 9.97. The number of imidazole rings is 1. The number of carbonyl (C=O) groups is 1. The van der Waals surface area contributed by atoms with Crippen molar-refractivity contribution in [2.24, 2.45) is 0 Å². The van der Waals surface area contributed by atoms with E-state index in [1.165, 1.54) is 5.56 Å². The van der Waals surface area contributed by atoms with Crippen molar-refractivity contribution >= 4 is 16.9 Å². The van der Waals surface area contributed by atoms with Crippen LogP contribution in [0.2, 0.25) is 0 Å². The van der Waals surface area contributed by atoms with Crippen molar-refractivity contribution in [3.8, 4) is 0 Å². The molecule has 0 saturated carbocycles. The second-order valence-electron chi connectivity index (χ2n) is 5.94. The van der Waals surface area contributed by atoms with Gasteiger partial charge < -0.3 is 10.3 Å². The molecule has 0 unspecified atom stereocenters. The van der Waals surface area contributed by atoms with E-state index in [9.17, 15) is 4.79 Å². The highest BCUT2D eigenvalue weighted by molar-refractivity contribution is 5.78. The van der Waals surface area contributed by atoms with Gasteiger partial charge in [-0.2, -0.15) is 0 Å². The first-order valence-electron chi connectivity index (χ1n) is 7.92. The fraction of sp³-hybridized carbons (Fsp3) is 0.263. The van der Waals surface area contributed by atoms with Crippen LogP contribution in [0.4, 0.5) is 0 Å². The highest BCUT2D eigenvalue weighted by Crippen LogP contribution is 2.20. The third-order valence-corrected chi connectivity index (χ3v) is 4.06. The first kappa shape index (κ1) is 15.3. The molecule has 0 aliphatic heterocycles. The van der Waals surface area contributed by atoms with E-state index < -0.39 is 0 Å². The number of carbonyl (C=O) groups excluding carboxylic acids is 1. The predicted octanol–water partition coefficient (Wildman–Crippen LogP) is 3.93. The summed E-state index contributed by atoms with van der Waals surface area (Å²) in [5, 5.41) is 3.03. The highest BCUT2D eigenvalue weighted by Gasteiger charge is 2.16. The maximum absolute atomic E-state index is 12.3. The summed E-state index contributed by atoms with van der Waals surface area (Å²) in [7, 11) is 0. The van der Waals surface area contributed by atoms with E-state index in [1.807, 2.05) is 49.4 Å². The summed E-state index contributed by atoms with van der Waals surface area (Å²) < 4.78 is 0. The maximum Gasteiger partial charge on any atom is 0.221 e. The minimum atomic E-state index is -0.141. The van der Waals surface area contributed by atoms with Gasteiger partial charge in [0.1, 0.15) is 5.82 Å². The van der Waals surface area contributed by atoms with Gasteiger partial charge in [-0.15, -0.1) is 0 Å². The summed E-state index contributed by atoms with van der Waals surface area (Å²) >= 11 is 0. The number of hydrogen-bond donors (Lipinski definition) is 2. The van der Waals surface area contributed by atoms with E-state index in [1.54, 1.807) is 0 Å². The quantitative estimate of drug-likeness (QED) is 0.750. The van der Waals surface area contributed by atoms with Crippen LogP contribution >= 0.6 is 0 Å². The number of nitrogens with one attached hydrogen (secondary N) is 2. The lowest BCUT2D eigenvalue weighted by Gasteiger charge is -2.15. The number of amides is 1. The molecule has 2 N–H and O–H groups in total. The molecule has 3 aromatic rings. The molecule has 4 heteroatoms. The second-order valence-corrected chi connectivity index (χ2v) is 5.94. The summed E-state index contributed by atoms with van der Waals surface area (Å²) in [6.07, 6.45) is 0.467. The minimum absolute atomic E-state index is 0.0364. The molecule has 3 rings (SSSR count). The molecular weight excluding hydrogens is 286 g/mol. The van der Waals surface area contributed by atoms with E-state index >= 15 is 0 Å². The van der Waals surface area contributed by atoms with Gasteiger partial charge in [-0.1, -0.05) is 49.4 Å². The zero-order valence-electron chi connectivity index (χ0n) is 13.4. The van der Waals surface area contributed by atoms with Gasteiger partial charge in [0.15, 0.2) is 0 Å². The third-order valence-electron chi connectivity index (χ3n) is 4.06. The number of H-pyrrole nitrogens is 1. The minimum Gasteiger partial charge on any atom is -0.346 e. The number of fused-ring (bicyclic) bond motifs is 1. The molecule has 1 aromatic heterocycles. The molecule has 0 bridgehead atoms. The highest BCUT2D eigenvalue weighted by atomic mass is 16.1. The van der Waals surface area contributed by atoms with E-state index in [0.29, 0.717) is 6.42 Å². The van der Waals surface area contributed by atoms with Gasteiger partial charge in [-0.25, -0.2) is 4.98 Å². The van der Waals surface area contributed by atoms with Gasteiger partial charge in [0, 0.05) is 6.42 Å². The molecule has 0 aliphatic rings. The summed E-state index contributed by atoms with van der Waals surface area (Å²) in [6.45, 7) is 4.02. The number of aromatic amines is 1. The van der Waals surface area contributed by atoms with Gasteiger partial charge in [0.2, 0.25) is 5.91 Å². The Bertz CT molecular complexity index is 761. The van der Waals surface area contributed by atoms with Crippen molar-refractivity contribution in [2.75, 3.05) is 0 Å². The van der Waals surface area contributed by atoms with Gasteiger partial charge in [-0.05, 0) is 30.5 Å². The van der Waals surface area contributed by atoms with Crippen LogP contribution in [0.25, 0.3) is 11.0 Å². The number of aromatic nitrogens is 2. The van der Waals surface area contributed by atoms with Crippen molar-refractivity contribution in [1.82, 2.24) is 15.3 Å². The molecule has 118 valence electrons. The number of rotatable bonds is 5. The zero-order valence-corrected chi connectivity index (χ0v) is 13.4. The van der Waals surface area contributed by atoms with Crippen molar-refractivity contribution in [3.63, 3.8) is 0 Å². The standard InChI is InChI=1S/C19H21N3O/c1-13(15-8-4-3-5-9-15)12-18(23)20-14(2)19-21-16-10-6-7-11-17(16)22-19/h3-11,13-14H,12H2,1-2H3,(H,20,23)(H,21,22)/t13-,14+/m1/s1. The van der Waals surface area contributed by atoms with Crippen LogP contribution in [0.15, 0.2) is 54.6 Å². The average Bonchev–Trinajstić information content (AvgIpc) is 2.99. The Labute approximate surface area is 136 Å². The van der Waals surface area contributed by atoms with Crippen molar-refractivity contribution < 1.29 is 4.79 Å². The molecule has 0 saturated heterocycles. The van der Waals surface area contributed by atoms with Crippen molar-refractivity contribution in [1.29, 1.82) is 0 Å². The lowest BCUT2D eigenvalue weighted by molar-refractivity contribution is -0.122. The van der Waals surface area contributed by atoms with Crippen molar-refractivity contribution in [2.45, 2.75) is 32.2 Å². The Kier molecular flexibility index (Phi) is 4.42. The normalized spacial score (nSPS) is 13.7. The molecule has 0 radical (unpaired) electrons. The van der Waals surface area contributed by atoms with Gasteiger partial charge in [0.05, 0.1) is 17.1 Å². The largest absolute Gasteiger partial charge is 0.346 e. The summed E-state index contributed by atoms with van der Waals surface area (Å²) in [5.74, 6) is 1.01. The Hall–Kier alpha value is -2.62. The monoisotopic (exact) mass is 307 g/mol. The number of nitrogens with zero attached hydrogens (tertiary/aromatic N) is 1. The fourth-order valence-corrected chi connectivity index (χ4v) is 2.72. The Morgan fingerprint density at radius 1 is 1.09 bits per heavy atom. The molecule has 0 aliphatic carbocycles. The topological polar surface area (TPSA) is 57.8 Å². The van der Waals surface area contributed by atoms with Crippen molar-refractivity contribution in [3.05, 3.63) is 66.0 Å². The molecule has 2 aromatic carbocycles. The first-order valence-corrected chi connectivity index (χ1v) is 7.92. The molecule has 1 amide bonds. The van der Waals surface area contributed by atoms with Gasteiger partial charge in [0.25, 0.3) is 0 Å². The van der Waals surface area contributed by atoms with Crippen LogP contribution in [-0.2, 0) is 4.79 Å². The zero-order chi connectivity index (χ0) is 16.2. The SMILES string of the molecule is C[C@H](CC(=O)N[C@@H](C)c1nc2ccccc2[nH]1)c1ccccc1. The van der Waals surface area contributed by atoms with Crippen LogP contribution in [0.3, 0.4) is 0 Å². The molecule has 0 spiro atoms. The predicted molar refractivity (Wildman–Crippen MR) is 92.1 cm³/mol. The van der Waals surface area contributed by atoms with Gasteiger partial charge in [-0.3, -0.25) is 4.79 Å². The fourth-order valence-electron chi connectivity index (χ4n) is 2.72. The summed E-state index contributed by atoms with van der Waals surface area (Å²) in [6, 6.07) is 17.8. The van der Waals surface area contributed by atoms with Crippen LogP contribution in [0.1, 0.15) is 43.6 Å². The van der Waals surface area contributed by atoms with Crippen LogP contribution in [0.5, 0.6) is 0 Å². The molecule has 1 heterocycles. The molecule has 0 fully saturated rings. The third kappa shape index (κ3) is 3.59. The first-order chi connectivity index (χ1) is 11.1. The van der Waals surface area contributed by atoms with E-state index in [-0.39, 0.29) is 17.9 Å². The summed E-state index contributed by atoms with van der Waals surface area (Å²) in [5.41, 5.74) is 3.08. The molecular formula is C19H21N3O. The van der Waals surface area contributed by atoms with Crippen LogP contribution in [-0.4, -0.2) is 15.9 Å².